The number of fused-ring (bicyclic) bond motifs is 1. The summed E-state index contributed by atoms with van der Waals surface area (Å²) in [5, 5.41) is 0.259. The molecule has 0 aliphatic rings. The van der Waals surface area contributed by atoms with E-state index in [1.165, 1.54) is 18.2 Å². The molecule has 0 radical (unpaired) electrons. The molecule has 0 fully saturated rings. The molecule has 30 heavy (non-hydrogen) atoms. The van der Waals surface area contributed by atoms with E-state index in [2.05, 4.69) is 18.1 Å². The molecule has 1 heterocycles. The zero-order valence-corrected chi connectivity index (χ0v) is 16.5. The van der Waals surface area contributed by atoms with Crippen molar-refractivity contribution in [3.05, 3.63) is 89.2 Å². The summed E-state index contributed by atoms with van der Waals surface area (Å²) in [5.74, 6) is -1.19. The summed E-state index contributed by atoms with van der Waals surface area (Å²) in [6, 6.07) is 6.94. The van der Waals surface area contributed by atoms with Crippen molar-refractivity contribution in [2.75, 3.05) is 0 Å². The lowest BCUT2D eigenvalue weighted by Crippen LogP contribution is -2.16. The van der Waals surface area contributed by atoms with Gasteiger partial charge in [0.1, 0.15) is 0 Å². The average Bonchev–Trinajstić information content (AvgIpc) is 2.99. The van der Waals surface area contributed by atoms with E-state index in [-0.39, 0.29) is 21.6 Å². The minimum Gasteiger partial charge on any atom is -0.316 e. The Kier molecular flexibility index (Phi) is 7.02. The van der Waals surface area contributed by atoms with Gasteiger partial charge in [-0.15, -0.1) is 0 Å². The standard InChI is InChI=1S/C17H11ClF6N2.C4H6/c1-9-5-14-13(7-12(9)18)25-15(17(22,23)24)26(14)8-10-3-2-4-11(6-10)16(19,20)21;1-3-4-2/h2-7H,8H2,1H3;3-4H,1-2H2. The molecule has 2 aromatic carbocycles. The third kappa shape index (κ3) is 5.44. The number of hydrogen-bond donors (Lipinski definition) is 0. The van der Waals surface area contributed by atoms with E-state index in [1.54, 1.807) is 19.1 Å². The van der Waals surface area contributed by atoms with Crippen LogP contribution in [0.25, 0.3) is 11.0 Å². The minimum atomic E-state index is -4.76. The Hall–Kier alpha value is -2.74. The van der Waals surface area contributed by atoms with E-state index in [0.717, 1.165) is 22.8 Å². The van der Waals surface area contributed by atoms with Crippen molar-refractivity contribution in [3.8, 4) is 0 Å². The van der Waals surface area contributed by atoms with Crippen molar-refractivity contribution in [3.63, 3.8) is 0 Å². The fraction of sp³-hybridized carbons (Fsp3) is 0.190. The quantitative estimate of drug-likeness (QED) is 0.302. The monoisotopic (exact) mass is 446 g/mol. The second-order valence-electron chi connectivity index (χ2n) is 6.28. The van der Waals surface area contributed by atoms with Crippen molar-refractivity contribution in [2.24, 2.45) is 0 Å². The van der Waals surface area contributed by atoms with Crippen molar-refractivity contribution in [1.29, 1.82) is 0 Å². The van der Waals surface area contributed by atoms with Gasteiger partial charge in [-0.05, 0) is 42.3 Å². The minimum absolute atomic E-state index is 0.0277. The van der Waals surface area contributed by atoms with Crippen LogP contribution in [-0.2, 0) is 18.9 Å². The number of benzene rings is 2. The Morgan fingerprint density at radius 1 is 1.00 bits per heavy atom. The molecule has 2 nitrogen and oxygen atoms in total. The van der Waals surface area contributed by atoms with Gasteiger partial charge in [-0.1, -0.05) is 49.0 Å². The molecule has 0 aliphatic heterocycles. The molecule has 0 N–H and O–H groups in total. The number of rotatable bonds is 3. The first kappa shape index (κ1) is 23.5. The van der Waals surface area contributed by atoms with Crippen molar-refractivity contribution >= 4 is 22.6 Å². The van der Waals surface area contributed by atoms with E-state index >= 15 is 0 Å². The van der Waals surface area contributed by atoms with Crippen LogP contribution in [0.1, 0.15) is 22.5 Å². The molecule has 1 aromatic heterocycles. The summed E-state index contributed by atoms with van der Waals surface area (Å²) < 4.78 is 79.5. The number of halogens is 7. The van der Waals surface area contributed by atoms with Gasteiger partial charge in [0.25, 0.3) is 0 Å². The normalized spacial score (nSPS) is 11.7. The Bertz CT molecular complexity index is 1060. The van der Waals surface area contributed by atoms with Crippen molar-refractivity contribution in [2.45, 2.75) is 25.8 Å². The highest BCUT2D eigenvalue weighted by atomic mass is 35.5. The van der Waals surface area contributed by atoms with Crippen LogP contribution in [-0.4, -0.2) is 9.55 Å². The lowest BCUT2D eigenvalue weighted by molar-refractivity contribution is -0.146. The molecular formula is C21H17ClF6N2. The molecule has 0 unspecified atom stereocenters. The van der Waals surface area contributed by atoms with Gasteiger partial charge in [0.05, 0.1) is 16.6 Å². The highest BCUT2D eigenvalue weighted by molar-refractivity contribution is 6.32. The highest BCUT2D eigenvalue weighted by Gasteiger charge is 2.38. The van der Waals surface area contributed by atoms with Crippen molar-refractivity contribution in [1.82, 2.24) is 9.55 Å². The summed E-state index contributed by atoms with van der Waals surface area (Å²) >= 11 is 5.94. The number of hydrogen-bond acceptors (Lipinski definition) is 1. The van der Waals surface area contributed by atoms with Gasteiger partial charge in [-0.3, -0.25) is 0 Å². The number of allylic oxidation sites excluding steroid dienone is 2. The smallest absolute Gasteiger partial charge is 0.316 e. The molecule has 0 aliphatic carbocycles. The second-order valence-corrected chi connectivity index (χ2v) is 6.69. The molecule has 3 aromatic rings. The van der Waals surface area contributed by atoms with E-state index in [1.807, 2.05) is 0 Å². The SMILES string of the molecule is C=CC=C.Cc1cc2c(cc1Cl)nc(C(F)(F)F)n2Cc1cccc(C(F)(F)F)c1. The fourth-order valence-corrected chi connectivity index (χ4v) is 2.81. The Morgan fingerprint density at radius 3 is 2.17 bits per heavy atom. The maximum Gasteiger partial charge on any atom is 0.449 e. The van der Waals surface area contributed by atoms with Crippen LogP contribution in [0.5, 0.6) is 0 Å². The van der Waals surface area contributed by atoms with Crippen molar-refractivity contribution < 1.29 is 26.3 Å². The summed E-state index contributed by atoms with van der Waals surface area (Å²) in [5.41, 5.74) is -0.126. The van der Waals surface area contributed by atoms with Crippen LogP contribution >= 0.6 is 11.6 Å². The van der Waals surface area contributed by atoms with Crippen LogP contribution in [0.3, 0.4) is 0 Å². The third-order valence-electron chi connectivity index (χ3n) is 4.04. The molecule has 160 valence electrons. The molecule has 0 saturated heterocycles. The maximum absolute atomic E-state index is 13.4. The fourth-order valence-electron chi connectivity index (χ4n) is 2.66. The van der Waals surface area contributed by atoms with Gasteiger partial charge in [-0.25, -0.2) is 4.98 Å². The Balaban J connectivity index is 0.000000735. The summed E-state index contributed by atoms with van der Waals surface area (Å²) in [6.45, 7) is 7.94. The first-order valence-electron chi connectivity index (χ1n) is 8.51. The predicted molar refractivity (Wildman–Crippen MR) is 105 cm³/mol. The van der Waals surface area contributed by atoms with E-state index < -0.39 is 30.3 Å². The Morgan fingerprint density at radius 2 is 1.63 bits per heavy atom. The molecule has 0 saturated carbocycles. The topological polar surface area (TPSA) is 17.8 Å². The average molecular weight is 447 g/mol. The van der Waals surface area contributed by atoms with Gasteiger partial charge in [0.2, 0.25) is 5.82 Å². The molecule has 0 atom stereocenters. The molecule has 3 rings (SSSR count). The summed E-state index contributed by atoms with van der Waals surface area (Å²) in [4.78, 5) is 3.58. The van der Waals surface area contributed by atoms with Gasteiger partial charge in [0, 0.05) is 11.6 Å². The number of imidazole rings is 1. The molecule has 0 bridgehead atoms. The van der Waals surface area contributed by atoms with Gasteiger partial charge >= 0.3 is 12.4 Å². The van der Waals surface area contributed by atoms with Crippen LogP contribution in [0.2, 0.25) is 5.02 Å². The first-order chi connectivity index (χ1) is 13.9. The lowest BCUT2D eigenvalue weighted by Gasteiger charge is -2.13. The largest absolute Gasteiger partial charge is 0.449 e. The third-order valence-corrected chi connectivity index (χ3v) is 4.45. The van der Waals surface area contributed by atoms with Crippen LogP contribution in [0, 0.1) is 6.92 Å². The van der Waals surface area contributed by atoms with E-state index in [9.17, 15) is 26.3 Å². The summed E-state index contributed by atoms with van der Waals surface area (Å²) in [7, 11) is 0. The number of aryl methyl sites for hydroxylation is 1. The second kappa shape index (κ2) is 8.95. The number of alkyl halides is 6. The summed E-state index contributed by atoms with van der Waals surface area (Å²) in [6.07, 6.45) is -6.06. The number of aromatic nitrogens is 2. The van der Waals surface area contributed by atoms with Crippen LogP contribution in [0.15, 0.2) is 61.7 Å². The zero-order valence-electron chi connectivity index (χ0n) is 15.8. The molecular weight excluding hydrogens is 430 g/mol. The number of nitrogens with zero attached hydrogens (tertiary/aromatic N) is 2. The van der Waals surface area contributed by atoms with Gasteiger partial charge in [-0.2, -0.15) is 26.3 Å². The van der Waals surface area contributed by atoms with Crippen LogP contribution in [0.4, 0.5) is 26.3 Å². The Labute approximate surface area is 174 Å². The lowest BCUT2D eigenvalue weighted by atomic mass is 10.1. The highest BCUT2D eigenvalue weighted by Crippen LogP contribution is 2.34. The predicted octanol–water partition coefficient (Wildman–Crippen LogP) is 7.44. The maximum atomic E-state index is 13.4. The van der Waals surface area contributed by atoms with Gasteiger partial charge < -0.3 is 4.57 Å². The molecule has 0 amide bonds. The first-order valence-corrected chi connectivity index (χ1v) is 8.89. The van der Waals surface area contributed by atoms with Crippen LogP contribution < -0.4 is 0 Å². The molecule has 9 heteroatoms. The zero-order chi connectivity index (χ0) is 22.7. The molecule has 0 spiro atoms. The van der Waals surface area contributed by atoms with Gasteiger partial charge in [0.15, 0.2) is 0 Å². The van der Waals surface area contributed by atoms with E-state index in [0.29, 0.717) is 5.56 Å². The van der Waals surface area contributed by atoms with E-state index in [4.69, 9.17) is 11.6 Å².